The summed E-state index contributed by atoms with van der Waals surface area (Å²) in [6.45, 7) is 9.71. The summed E-state index contributed by atoms with van der Waals surface area (Å²) >= 11 is 0. The molecule has 0 aromatic heterocycles. The van der Waals surface area contributed by atoms with E-state index >= 15 is 0 Å². The fraction of sp³-hybridized carbons (Fsp3) is 0.833. The molecule has 0 saturated heterocycles. The average Bonchev–Trinajstić information content (AvgIpc) is 2.07. The maximum absolute atomic E-state index is 11.9. The van der Waals surface area contributed by atoms with Gasteiger partial charge in [0.05, 0.1) is 0 Å². The molecular weight excluding hydrogens is 220 g/mol. The molecule has 17 heavy (non-hydrogen) atoms. The standard InChI is InChI=1S/C12H24N2O3/c1-8(2)10(14-7-6-9(13)15)11(16)17-12(3,4)5/h8,10,14H,6-7H2,1-5H3,(H2,13,15). The molecule has 0 heterocycles. The van der Waals surface area contributed by atoms with Crippen LogP contribution in [0.1, 0.15) is 41.0 Å². The molecule has 0 fully saturated rings. The molecule has 5 nitrogen and oxygen atoms in total. The normalized spacial score (nSPS) is 13.5. The third-order valence-corrected chi connectivity index (χ3v) is 2.06. The Kier molecular flexibility index (Phi) is 6.16. The number of esters is 1. The molecule has 0 bridgehead atoms. The van der Waals surface area contributed by atoms with Crippen molar-refractivity contribution in [2.24, 2.45) is 11.7 Å². The number of ether oxygens (including phenoxy) is 1. The topological polar surface area (TPSA) is 81.4 Å². The Morgan fingerprint density at radius 3 is 2.18 bits per heavy atom. The van der Waals surface area contributed by atoms with Gasteiger partial charge in [-0.3, -0.25) is 9.59 Å². The summed E-state index contributed by atoms with van der Waals surface area (Å²) in [7, 11) is 0. The lowest BCUT2D eigenvalue weighted by Crippen LogP contribution is -2.45. The van der Waals surface area contributed by atoms with E-state index in [0.29, 0.717) is 6.54 Å². The highest BCUT2D eigenvalue weighted by Crippen LogP contribution is 2.12. The summed E-state index contributed by atoms with van der Waals surface area (Å²) in [5, 5.41) is 3.00. The second kappa shape index (κ2) is 6.59. The number of primary amides is 1. The van der Waals surface area contributed by atoms with Crippen molar-refractivity contribution in [3.8, 4) is 0 Å². The van der Waals surface area contributed by atoms with Gasteiger partial charge in [0.15, 0.2) is 0 Å². The zero-order valence-electron chi connectivity index (χ0n) is 11.4. The van der Waals surface area contributed by atoms with Crippen LogP contribution in [0.2, 0.25) is 0 Å². The van der Waals surface area contributed by atoms with Crippen molar-refractivity contribution in [3.63, 3.8) is 0 Å². The second-order valence-electron chi connectivity index (χ2n) is 5.43. The van der Waals surface area contributed by atoms with Crippen molar-refractivity contribution in [2.45, 2.75) is 52.7 Å². The first-order valence-corrected chi connectivity index (χ1v) is 5.88. The van der Waals surface area contributed by atoms with Gasteiger partial charge in [0, 0.05) is 13.0 Å². The van der Waals surface area contributed by atoms with E-state index in [0.717, 1.165) is 0 Å². The maximum Gasteiger partial charge on any atom is 0.323 e. The van der Waals surface area contributed by atoms with E-state index in [1.807, 2.05) is 34.6 Å². The fourth-order valence-corrected chi connectivity index (χ4v) is 1.31. The monoisotopic (exact) mass is 244 g/mol. The van der Waals surface area contributed by atoms with Gasteiger partial charge in [-0.05, 0) is 26.7 Å². The summed E-state index contributed by atoms with van der Waals surface area (Å²) in [5.74, 6) is -0.584. The Bertz CT molecular complexity index is 269. The first-order valence-electron chi connectivity index (χ1n) is 5.88. The molecule has 3 N–H and O–H groups in total. The van der Waals surface area contributed by atoms with E-state index in [-0.39, 0.29) is 24.2 Å². The van der Waals surface area contributed by atoms with Crippen molar-refractivity contribution in [3.05, 3.63) is 0 Å². The first-order chi connectivity index (χ1) is 7.63. The largest absolute Gasteiger partial charge is 0.459 e. The molecule has 1 unspecified atom stereocenters. The Morgan fingerprint density at radius 1 is 1.29 bits per heavy atom. The average molecular weight is 244 g/mol. The van der Waals surface area contributed by atoms with E-state index in [1.165, 1.54) is 0 Å². The summed E-state index contributed by atoms with van der Waals surface area (Å²) in [4.78, 5) is 22.5. The molecule has 0 aliphatic rings. The van der Waals surface area contributed by atoms with Crippen LogP contribution in [0, 0.1) is 5.92 Å². The number of rotatable bonds is 6. The molecule has 0 spiro atoms. The lowest BCUT2D eigenvalue weighted by Gasteiger charge is -2.26. The number of hydrogen-bond donors (Lipinski definition) is 2. The lowest BCUT2D eigenvalue weighted by molar-refractivity contribution is -0.158. The minimum absolute atomic E-state index is 0.0951. The van der Waals surface area contributed by atoms with Crippen LogP contribution in [0.25, 0.3) is 0 Å². The van der Waals surface area contributed by atoms with E-state index in [4.69, 9.17) is 10.5 Å². The minimum atomic E-state index is -0.504. The van der Waals surface area contributed by atoms with Gasteiger partial charge in [-0.15, -0.1) is 0 Å². The van der Waals surface area contributed by atoms with Crippen LogP contribution >= 0.6 is 0 Å². The molecule has 0 aromatic carbocycles. The van der Waals surface area contributed by atoms with Crippen molar-refractivity contribution >= 4 is 11.9 Å². The first kappa shape index (κ1) is 15.9. The molecule has 1 atom stereocenters. The van der Waals surface area contributed by atoms with Gasteiger partial charge in [-0.25, -0.2) is 0 Å². The molecule has 1 amide bonds. The zero-order chi connectivity index (χ0) is 13.6. The Labute approximate surface area is 103 Å². The summed E-state index contributed by atoms with van der Waals surface area (Å²) < 4.78 is 5.30. The van der Waals surface area contributed by atoms with Crippen LogP contribution in [0.4, 0.5) is 0 Å². The number of nitrogens with two attached hydrogens (primary N) is 1. The van der Waals surface area contributed by atoms with Gasteiger partial charge in [-0.1, -0.05) is 13.8 Å². The number of carbonyl (C=O) groups excluding carboxylic acids is 2. The van der Waals surface area contributed by atoms with Crippen LogP contribution in [0.15, 0.2) is 0 Å². The smallest absolute Gasteiger partial charge is 0.323 e. The van der Waals surface area contributed by atoms with Crippen LogP contribution < -0.4 is 11.1 Å². The predicted molar refractivity (Wildman–Crippen MR) is 66.3 cm³/mol. The molecule has 5 heteroatoms. The van der Waals surface area contributed by atoms with E-state index < -0.39 is 11.6 Å². The molecule has 0 rings (SSSR count). The van der Waals surface area contributed by atoms with Crippen molar-refractivity contribution < 1.29 is 14.3 Å². The van der Waals surface area contributed by atoms with E-state index in [1.54, 1.807) is 0 Å². The highest BCUT2D eigenvalue weighted by Gasteiger charge is 2.27. The molecule has 0 saturated carbocycles. The highest BCUT2D eigenvalue weighted by molar-refractivity contribution is 5.77. The molecule has 0 aromatic rings. The zero-order valence-corrected chi connectivity index (χ0v) is 11.4. The number of hydrogen-bond acceptors (Lipinski definition) is 4. The van der Waals surface area contributed by atoms with Gasteiger partial charge in [0.1, 0.15) is 11.6 Å². The predicted octanol–water partition coefficient (Wildman–Crippen LogP) is 0.818. The van der Waals surface area contributed by atoms with Crippen molar-refractivity contribution in [1.29, 1.82) is 0 Å². The Hall–Kier alpha value is -1.10. The second-order valence-corrected chi connectivity index (χ2v) is 5.43. The summed E-state index contributed by atoms with van der Waals surface area (Å²) in [6, 6.07) is -0.409. The molecule has 100 valence electrons. The molecule has 0 radical (unpaired) electrons. The van der Waals surface area contributed by atoms with E-state index in [9.17, 15) is 9.59 Å². The fourth-order valence-electron chi connectivity index (χ4n) is 1.31. The highest BCUT2D eigenvalue weighted by atomic mass is 16.6. The summed E-state index contributed by atoms with van der Waals surface area (Å²) in [6.07, 6.45) is 0.214. The van der Waals surface area contributed by atoms with Crippen molar-refractivity contribution in [2.75, 3.05) is 6.54 Å². The Morgan fingerprint density at radius 2 is 1.82 bits per heavy atom. The van der Waals surface area contributed by atoms with Crippen LogP contribution in [0.3, 0.4) is 0 Å². The minimum Gasteiger partial charge on any atom is -0.459 e. The quantitative estimate of drug-likeness (QED) is 0.678. The van der Waals surface area contributed by atoms with Gasteiger partial charge in [0.2, 0.25) is 5.91 Å². The maximum atomic E-state index is 11.9. The SMILES string of the molecule is CC(C)C(NCCC(N)=O)C(=O)OC(C)(C)C. The number of nitrogens with one attached hydrogen (secondary N) is 1. The van der Waals surface area contributed by atoms with Crippen LogP contribution in [0.5, 0.6) is 0 Å². The number of carbonyl (C=O) groups is 2. The number of amides is 1. The van der Waals surface area contributed by atoms with Gasteiger partial charge in [0.25, 0.3) is 0 Å². The molecular formula is C12H24N2O3. The summed E-state index contributed by atoms with van der Waals surface area (Å²) in [5.41, 5.74) is 4.53. The van der Waals surface area contributed by atoms with Gasteiger partial charge >= 0.3 is 5.97 Å². The van der Waals surface area contributed by atoms with Gasteiger partial charge < -0.3 is 15.8 Å². The van der Waals surface area contributed by atoms with Crippen molar-refractivity contribution in [1.82, 2.24) is 5.32 Å². The third kappa shape index (κ3) is 7.74. The third-order valence-electron chi connectivity index (χ3n) is 2.06. The van der Waals surface area contributed by atoms with Gasteiger partial charge in [-0.2, -0.15) is 0 Å². The van der Waals surface area contributed by atoms with Crippen LogP contribution in [-0.4, -0.2) is 30.1 Å². The Balaban J connectivity index is 4.32. The van der Waals surface area contributed by atoms with E-state index in [2.05, 4.69) is 5.32 Å². The molecule has 0 aliphatic heterocycles. The lowest BCUT2D eigenvalue weighted by atomic mass is 10.0. The van der Waals surface area contributed by atoms with Crippen LogP contribution in [-0.2, 0) is 14.3 Å². The molecule has 0 aliphatic carbocycles.